The lowest BCUT2D eigenvalue weighted by Gasteiger charge is -2.43. The molecule has 1 aromatic heterocycles. The van der Waals surface area contributed by atoms with Crippen molar-refractivity contribution in [1.82, 2.24) is 19.7 Å². The minimum absolute atomic E-state index is 0.0145. The summed E-state index contributed by atoms with van der Waals surface area (Å²) in [5.74, 6) is 0.306. The average Bonchev–Trinajstić information content (AvgIpc) is 2.62. The van der Waals surface area contributed by atoms with Crippen LogP contribution in [0.15, 0.2) is 24.5 Å². The van der Waals surface area contributed by atoms with Gasteiger partial charge in [0.1, 0.15) is 0 Å². The van der Waals surface area contributed by atoms with Crippen LogP contribution >= 0.6 is 0 Å². The van der Waals surface area contributed by atoms with Crippen molar-refractivity contribution in [1.29, 1.82) is 0 Å². The van der Waals surface area contributed by atoms with Crippen LogP contribution < -0.4 is 0 Å². The summed E-state index contributed by atoms with van der Waals surface area (Å²) < 4.78 is 0. The first-order chi connectivity index (χ1) is 11.6. The van der Waals surface area contributed by atoms with Crippen molar-refractivity contribution in [3.63, 3.8) is 0 Å². The van der Waals surface area contributed by atoms with Gasteiger partial charge in [0.25, 0.3) is 5.91 Å². The lowest BCUT2D eigenvalue weighted by Crippen LogP contribution is -2.59. The summed E-state index contributed by atoms with van der Waals surface area (Å²) in [5.41, 5.74) is 0.679. The molecule has 2 amide bonds. The third-order valence-corrected chi connectivity index (χ3v) is 5.04. The quantitative estimate of drug-likeness (QED) is 0.837. The molecule has 0 N–H and O–H groups in total. The van der Waals surface area contributed by atoms with E-state index in [1.54, 1.807) is 24.5 Å². The molecule has 2 fully saturated rings. The summed E-state index contributed by atoms with van der Waals surface area (Å²) in [4.78, 5) is 35.3. The van der Waals surface area contributed by atoms with Gasteiger partial charge in [0.2, 0.25) is 5.91 Å². The summed E-state index contributed by atoms with van der Waals surface area (Å²) >= 11 is 0. The fraction of sp³-hybridized carbons (Fsp3) is 0.611. The molecule has 0 spiro atoms. The van der Waals surface area contributed by atoms with Crippen LogP contribution in [0.25, 0.3) is 0 Å². The number of likely N-dealkylation sites (tertiary alicyclic amines) is 1. The lowest BCUT2D eigenvalue weighted by molar-refractivity contribution is -0.142. The molecule has 130 valence electrons. The second kappa shape index (κ2) is 7.30. The Hall–Kier alpha value is -1.95. The number of pyridine rings is 1. The number of hydrogen-bond acceptors (Lipinski definition) is 4. The van der Waals surface area contributed by atoms with Crippen molar-refractivity contribution in [3.8, 4) is 0 Å². The van der Waals surface area contributed by atoms with E-state index in [2.05, 4.69) is 23.7 Å². The molecule has 0 aromatic carbocycles. The summed E-state index contributed by atoms with van der Waals surface area (Å²) in [5, 5.41) is 0. The fourth-order valence-corrected chi connectivity index (χ4v) is 3.65. The number of nitrogens with zero attached hydrogens (tertiary/aromatic N) is 4. The first kappa shape index (κ1) is 16.9. The molecule has 0 bridgehead atoms. The molecule has 1 unspecified atom stereocenters. The zero-order valence-corrected chi connectivity index (χ0v) is 14.5. The third-order valence-electron chi connectivity index (χ3n) is 5.04. The summed E-state index contributed by atoms with van der Waals surface area (Å²) in [7, 11) is 0. The second-order valence-corrected chi connectivity index (χ2v) is 6.85. The molecule has 3 heterocycles. The zero-order valence-electron chi connectivity index (χ0n) is 14.5. The van der Waals surface area contributed by atoms with Crippen molar-refractivity contribution < 1.29 is 9.59 Å². The van der Waals surface area contributed by atoms with Gasteiger partial charge in [-0.2, -0.15) is 0 Å². The van der Waals surface area contributed by atoms with Crippen LogP contribution in [0, 0.1) is 0 Å². The lowest BCUT2D eigenvalue weighted by atomic mass is 10.0. The average molecular weight is 330 g/mol. The minimum atomic E-state index is -0.0145. The Morgan fingerprint density at radius 1 is 1.12 bits per heavy atom. The van der Waals surface area contributed by atoms with E-state index in [0.717, 1.165) is 32.5 Å². The van der Waals surface area contributed by atoms with Gasteiger partial charge in [0, 0.05) is 56.7 Å². The molecular formula is C18H26N4O2. The van der Waals surface area contributed by atoms with Crippen molar-refractivity contribution in [2.75, 3.05) is 32.7 Å². The Morgan fingerprint density at radius 2 is 1.79 bits per heavy atom. The number of rotatable bonds is 3. The number of aromatic nitrogens is 1. The minimum Gasteiger partial charge on any atom is -0.339 e. The normalized spacial score (nSPS) is 23.0. The summed E-state index contributed by atoms with van der Waals surface area (Å²) in [6, 6.07) is 3.74. The van der Waals surface area contributed by atoms with Crippen LogP contribution in [0.1, 0.15) is 37.0 Å². The standard InChI is InChI=1S/C18H26N4O2/c1-14(2)22-9-3-4-16(18(22)24)20-10-12-21(13-11-20)17(23)15-5-7-19-8-6-15/h5-8,14,16H,3-4,9-13H2,1-2H3. The van der Waals surface area contributed by atoms with Gasteiger partial charge in [-0.15, -0.1) is 0 Å². The monoisotopic (exact) mass is 330 g/mol. The topological polar surface area (TPSA) is 56.8 Å². The summed E-state index contributed by atoms with van der Waals surface area (Å²) in [6.07, 6.45) is 5.28. The summed E-state index contributed by atoms with van der Waals surface area (Å²) in [6.45, 7) is 7.89. The van der Waals surface area contributed by atoms with Crippen LogP contribution in [-0.4, -0.2) is 76.3 Å². The second-order valence-electron chi connectivity index (χ2n) is 6.85. The van der Waals surface area contributed by atoms with E-state index in [1.807, 2.05) is 9.80 Å². The molecule has 24 heavy (non-hydrogen) atoms. The van der Waals surface area contributed by atoms with Crippen molar-refractivity contribution in [2.45, 2.75) is 38.8 Å². The number of piperazine rings is 1. The number of amides is 2. The van der Waals surface area contributed by atoms with Gasteiger partial charge in [-0.05, 0) is 38.8 Å². The zero-order chi connectivity index (χ0) is 17.1. The number of carbonyl (C=O) groups is 2. The molecule has 6 heteroatoms. The molecule has 0 aliphatic carbocycles. The van der Waals surface area contributed by atoms with Gasteiger partial charge in [-0.25, -0.2) is 0 Å². The van der Waals surface area contributed by atoms with E-state index in [-0.39, 0.29) is 23.9 Å². The predicted molar refractivity (Wildman–Crippen MR) is 91.6 cm³/mol. The molecule has 1 atom stereocenters. The maximum atomic E-state index is 12.7. The van der Waals surface area contributed by atoms with Gasteiger partial charge in [-0.1, -0.05) is 0 Å². The highest BCUT2D eigenvalue weighted by atomic mass is 16.2. The SMILES string of the molecule is CC(C)N1CCCC(N2CCN(C(=O)c3ccncc3)CC2)C1=O. The van der Waals surface area contributed by atoms with Crippen LogP contribution in [0.2, 0.25) is 0 Å². The molecule has 2 aliphatic rings. The smallest absolute Gasteiger partial charge is 0.254 e. The van der Waals surface area contributed by atoms with Gasteiger partial charge < -0.3 is 9.80 Å². The Kier molecular flexibility index (Phi) is 5.14. The van der Waals surface area contributed by atoms with Crippen molar-refractivity contribution in [3.05, 3.63) is 30.1 Å². The first-order valence-corrected chi connectivity index (χ1v) is 8.82. The predicted octanol–water partition coefficient (Wildman–Crippen LogP) is 1.24. The molecule has 2 saturated heterocycles. The van der Waals surface area contributed by atoms with E-state index < -0.39 is 0 Å². The van der Waals surface area contributed by atoms with Crippen molar-refractivity contribution >= 4 is 11.8 Å². The molecule has 2 aliphatic heterocycles. The van der Waals surface area contributed by atoms with E-state index in [4.69, 9.17) is 0 Å². The highest BCUT2D eigenvalue weighted by Gasteiger charge is 2.36. The van der Waals surface area contributed by atoms with Gasteiger partial charge in [-0.3, -0.25) is 19.5 Å². The molecule has 3 rings (SSSR count). The van der Waals surface area contributed by atoms with Crippen LogP contribution in [0.5, 0.6) is 0 Å². The molecular weight excluding hydrogens is 304 g/mol. The van der Waals surface area contributed by atoms with Crippen LogP contribution in [0.4, 0.5) is 0 Å². The maximum Gasteiger partial charge on any atom is 0.254 e. The Morgan fingerprint density at radius 3 is 2.42 bits per heavy atom. The van der Waals surface area contributed by atoms with E-state index >= 15 is 0 Å². The van der Waals surface area contributed by atoms with Gasteiger partial charge in [0.05, 0.1) is 6.04 Å². The highest BCUT2D eigenvalue weighted by molar-refractivity contribution is 5.94. The molecule has 0 radical (unpaired) electrons. The van der Waals surface area contributed by atoms with Gasteiger partial charge in [0.15, 0.2) is 0 Å². The largest absolute Gasteiger partial charge is 0.339 e. The third kappa shape index (κ3) is 3.43. The van der Waals surface area contributed by atoms with Crippen LogP contribution in [0.3, 0.4) is 0 Å². The van der Waals surface area contributed by atoms with E-state index in [0.29, 0.717) is 18.7 Å². The van der Waals surface area contributed by atoms with Crippen LogP contribution in [-0.2, 0) is 4.79 Å². The number of hydrogen-bond donors (Lipinski definition) is 0. The number of carbonyl (C=O) groups excluding carboxylic acids is 2. The Balaban J connectivity index is 1.59. The Bertz CT molecular complexity index is 582. The van der Waals surface area contributed by atoms with E-state index in [1.165, 1.54) is 0 Å². The van der Waals surface area contributed by atoms with Crippen molar-refractivity contribution in [2.24, 2.45) is 0 Å². The number of piperidine rings is 1. The highest BCUT2D eigenvalue weighted by Crippen LogP contribution is 2.21. The molecule has 6 nitrogen and oxygen atoms in total. The van der Waals surface area contributed by atoms with E-state index in [9.17, 15) is 9.59 Å². The maximum absolute atomic E-state index is 12.7. The fourth-order valence-electron chi connectivity index (χ4n) is 3.65. The molecule has 0 saturated carbocycles. The Labute approximate surface area is 143 Å². The molecule has 1 aromatic rings. The first-order valence-electron chi connectivity index (χ1n) is 8.82. The van der Waals surface area contributed by atoms with Gasteiger partial charge >= 0.3 is 0 Å².